The van der Waals surface area contributed by atoms with Gasteiger partial charge in [-0.15, -0.1) is 0 Å². The van der Waals surface area contributed by atoms with Gasteiger partial charge in [0.05, 0.1) is 12.8 Å². The van der Waals surface area contributed by atoms with Gasteiger partial charge in [0.2, 0.25) is 0 Å². The Hall–Kier alpha value is -1.29. The molecule has 3 nitrogen and oxygen atoms in total. The van der Waals surface area contributed by atoms with E-state index in [-0.39, 0.29) is 5.82 Å². The van der Waals surface area contributed by atoms with Crippen molar-refractivity contribution in [3.05, 3.63) is 24.0 Å². The second kappa shape index (κ2) is 6.24. The Morgan fingerprint density at radius 1 is 1.53 bits per heavy atom. The molecule has 2 unspecified atom stereocenters. The summed E-state index contributed by atoms with van der Waals surface area (Å²) in [5, 5.41) is 3.52. The van der Waals surface area contributed by atoms with Crippen LogP contribution >= 0.6 is 0 Å². The van der Waals surface area contributed by atoms with E-state index in [0.29, 0.717) is 23.4 Å². The Kier molecular flexibility index (Phi) is 4.64. The molecule has 0 spiro atoms. The van der Waals surface area contributed by atoms with Gasteiger partial charge in [-0.05, 0) is 18.1 Å². The molecule has 19 heavy (non-hydrogen) atoms. The minimum Gasteiger partial charge on any atom is -0.497 e. The maximum absolute atomic E-state index is 14.0. The largest absolute Gasteiger partial charge is 0.497 e. The van der Waals surface area contributed by atoms with Crippen molar-refractivity contribution in [1.29, 1.82) is 0 Å². The van der Waals surface area contributed by atoms with Crippen LogP contribution in [-0.2, 0) is 0 Å². The number of rotatable bonds is 4. The molecule has 1 N–H and O–H groups in total. The molecule has 1 aliphatic heterocycles. The second-order valence-corrected chi connectivity index (χ2v) is 5.21. The average Bonchev–Trinajstić information content (AvgIpc) is 2.47. The summed E-state index contributed by atoms with van der Waals surface area (Å²) in [5.41, 5.74) is 0.647. The van der Waals surface area contributed by atoms with Crippen molar-refractivity contribution in [3.8, 4) is 5.75 Å². The van der Waals surface area contributed by atoms with E-state index >= 15 is 0 Å². The Morgan fingerprint density at radius 2 is 2.32 bits per heavy atom. The van der Waals surface area contributed by atoms with Crippen LogP contribution < -0.4 is 15.0 Å². The summed E-state index contributed by atoms with van der Waals surface area (Å²) in [7, 11) is 1.61. The zero-order chi connectivity index (χ0) is 13.8. The number of nitrogens with one attached hydrogen (secondary N) is 1. The van der Waals surface area contributed by atoms with Gasteiger partial charge in [-0.1, -0.05) is 20.3 Å². The summed E-state index contributed by atoms with van der Waals surface area (Å²) < 4.78 is 19.2. The first kappa shape index (κ1) is 14.1. The van der Waals surface area contributed by atoms with E-state index in [1.807, 2.05) is 0 Å². The van der Waals surface area contributed by atoms with E-state index in [1.54, 1.807) is 19.2 Å². The van der Waals surface area contributed by atoms with Crippen LogP contribution in [0.1, 0.15) is 20.3 Å². The van der Waals surface area contributed by atoms with Crippen molar-refractivity contribution in [2.75, 3.05) is 31.6 Å². The van der Waals surface area contributed by atoms with Gasteiger partial charge in [-0.2, -0.15) is 0 Å². The van der Waals surface area contributed by atoms with E-state index < -0.39 is 0 Å². The van der Waals surface area contributed by atoms with Gasteiger partial charge < -0.3 is 15.0 Å². The van der Waals surface area contributed by atoms with Gasteiger partial charge in [0.25, 0.3) is 0 Å². The Bertz CT molecular complexity index is 425. The number of hydrogen-bond donors (Lipinski definition) is 1. The lowest BCUT2D eigenvalue weighted by molar-refractivity contribution is 0.340. The highest BCUT2D eigenvalue weighted by molar-refractivity contribution is 5.52. The summed E-state index contributed by atoms with van der Waals surface area (Å²) >= 11 is 0. The highest BCUT2D eigenvalue weighted by atomic mass is 19.1. The van der Waals surface area contributed by atoms with Gasteiger partial charge in [-0.25, -0.2) is 4.39 Å². The number of piperazine rings is 1. The van der Waals surface area contributed by atoms with Gasteiger partial charge in [0.15, 0.2) is 0 Å². The number of nitrogens with zero attached hydrogens (tertiary/aromatic N) is 1. The van der Waals surface area contributed by atoms with E-state index in [2.05, 4.69) is 24.1 Å². The molecule has 0 amide bonds. The van der Waals surface area contributed by atoms with Crippen molar-refractivity contribution in [2.24, 2.45) is 5.92 Å². The van der Waals surface area contributed by atoms with Gasteiger partial charge in [-0.3, -0.25) is 0 Å². The van der Waals surface area contributed by atoms with Crippen LogP contribution in [-0.4, -0.2) is 32.8 Å². The number of anilines is 1. The highest BCUT2D eigenvalue weighted by Gasteiger charge is 2.25. The van der Waals surface area contributed by atoms with Crippen LogP contribution in [0.15, 0.2) is 18.2 Å². The number of hydrogen-bond acceptors (Lipinski definition) is 3. The lowest BCUT2D eigenvalue weighted by Gasteiger charge is -2.38. The molecule has 1 saturated heterocycles. The standard InChI is InChI=1S/C15H23FN2O/c1-4-11(2)14-10-18(8-7-17-14)15-9-12(19-3)5-6-13(15)16/h5-6,9,11,14,17H,4,7-8,10H2,1-3H3. The number of methoxy groups -OCH3 is 1. The molecule has 1 fully saturated rings. The fourth-order valence-corrected chi connectivity index (χ4v) is 2.52. The first-order chi connectivity index (χ1) is 9.15. The van der Waals surface area contributed by atoms with E-state index in [4.69, 9.17) is 4.74 Å². The maximum Gasteiger partial charge on any atom is 0.146 e. The quantitative estimate of drug-likeness (QED) is 0.906. The van der Waals surface area contributed by atoms with Crippen LogP contribution in [0.5, 0.6) is 5.75 Å². The van der Waals surface area contributed by atoms with Gasteiger partial charge >= 0.3 is 0 Å². The van der Waals surface area contributed by atoms with Gasteiger partial charge in [0, 0.05) is 31.7 Å². The predicted molar refractivity (Wildman–Crippen MR) is 76.4 cm³/mol. The van der Waals surface area contributed by atoms with E-state index in [1.165, 1.54) is 6.07 Å². The van der Waals surface area contributed by atoms with Crippen molar-refractivity contribution >= 4 is 5.69 Å². The van der Waals surface area contributed by atoms with Crippen LogP contribution in [0.3, 0.4) is 0 Å². The normalized spacial score (nSPS) is 21.3. The molecule has 0 aromatic heterocycles. The SMILES string of the molecule is CCC(C)C1CN(c2cc(OC)ccc2F)CCN1. The fraction of sp³-hybridized carbons (Fsp3) is 0.600. The first-order valence-corrected chi connectivity index (χ1v) is 6.97. The molecule has 1 aliphatic rings. The van der Waals surface area contributed by atoms with Gasteiger partial charge in [0.1, 0.15) is 11.6 Å². The van der Waals surface area contributed by atoms with Crippen LogP contribution in [0.25, 0.3) is 0 Å². The minimum absolute atomic E-state index is 0.175. The second-order valence-electron chi connectivity index (χ2n) is 5.21. The van der Waals surface area contributed by atoms with Crippen molar-refractivity contribution < 1.29 is 9.13 Å². The summed E-state index contributed by atoms with van der Waals surface area (Å²) in [4.78, 5) is 2.12. The smallest absolute Gasteiger partial charge is 0.146 e. The van der Waals surface area contributed by atoms with Crippen LogP contribution in [0, 0.1) is 11.7 Å². The Morgan fingerprint density at radius 3 is 3.00 bits per heavy atom. The summed E-state index contributed by atoms with van der Waals surface area (Å²) in [5.74, 6) is 1.12. The van der Waals surface area contributed by atoms with Crippen LogP contribution in [0.4, 0.5) is 10.1 Å². The van der Waals surface area contributed by atoms with Crippen molar-refractivity contribution in [3.63, 3.8) is 0 Å². The lowest BCUT2D eigenvalue weighted by Crippen LogP contribution is -2.53. The number of halogens is 1. The zero-order valence-corrected chi connectivity index (χ0v) is 11.9. The monoisotopic (exact) mass is 266 g/mol. The maximum atomic E-state index is 14.0. The molecular formula is C15H23FN2O. The third-order valence-corrected chi connectivity index (χ3v) is 4.03. The van der Waals surface area contributed by atoms with E-state index in [0.717, 1.165) is 26.1 Å². The minimum atomic E-state index is -0.175. The summed E-state index contributed by atoms with van der Waals surface area (Å²) in [6.45, 7) is 7.00. The molecule has 0 aliphatic carbocycles. The molecule has 1 aromatic carbocycles. The molecule has 4 heteroatoms. The van der Waals surface area contributed by atoms with Crippen LogP contribution in [0.2, 0.25) is 0 Å². The predicted octanol–water partition coefficient (Wildman–Crippen LogP) is 2.66. The fourth-order valence-electron chi connectivity index (χ4n) is 2.52. The molecular weight excluding hydrogens is 243 g/mol. The van der Waals surface area contributed by atoms with Crippen molar-refractivity contribution in [1.82, 2.24) is 5.32 Å². The Balaban J connectivity index is 2.16. The molecule has 1 aromatic rings. The third-order valence-electron chi connectivity index (χ3n) is 4.03. The average molecular weight is 266 g/mol. The van der Waals surface area contributed by atoms with Crippen molar-refractivity contribution in [2.45, 2.75) is 26.3 Å². The summed E-state index contributed by atoms with van der Waals surface area (Å²) in [6, 6.07) is 5.35. The molecule has 0 saturated carbocycles. The Labute approximate surface area is 114 Å². The lowest BCUT2D eigenvalue weighted by atomic mass is 9.97. The molecule has 2 atom stereocenters. The molecule has 106 valence electrons. The van der Waals surface area contributed by atoms with E-state index in [9.17, 15) is 4.39 Å². The molecule has 0 radical (unpaired) electrons. The topological polar surface area (TPSA) is 24.5 Å². The number of benzene rings is 1. The molecule has 2 rings (SSSR count). The first-order valence-electron chi connectivity index (χ1n) is 6.97. The number of ether oxygens (including phenoxy) is 1. The highest BCUT2D eigenvalue weighted by Crippen LogP contribution is 2.26. The zero-order valence-electron chi connectivity index (χ0n) is 11.9. The summed E-state index contributed by atoms with van der Waals surface area (Å²) in [6.07, 6.45) is 1.13. The molecule has 1 heterocycles. The molecule has 0 bridgehead atoms. The third kappa shape index (κ3) is 3.18.